The molecule has 5 nitrogen and oxygen atoms in total. The normalized spacial score (nSPS) is 10.4. The third-order valence-electron chi connectivity index (χ3n) is 4.78. The summed E-state index contributed by atoms with van der Waals surface area (Å²) in [6.45, 7) is 0.106. The molecule has 5 heteroatoms. The molecule has 3 rings (SSSR count). The fourth-order valence-corrected chi connectivity index (χ4v) is 3.22. The van der Waals surface area contributed by atoms with Crippen LogP contribution in [-0.4, -0.2) is 31.3 Å². The molecule has 0 aliphatic carbocycles. The maximum atomic E-state index is 12.1. The molecule has 0 saturated carbocycles. The number of esters is 1. The van der Waals surface area contributed by atoms with E-state index in [9.17, 15) is 14.4 Å². The van der Waals surface area contributed by atoms with Gasteiger partial charge in [0.1, 0.15) is 6.29 Å². The predicted molar refractivity (Wildman–Crippen MR) is 114 cm³/mol. The topological polar surface area (TPSA) is 72.5 Å². The van der Waals surface area contributed by atoms with Crippen molar-refractivity contribution in [3.63, 3.8) is 0 Å². The number of aldehydes is 1. The summed E-state index contributed by atoms with van der Waals surface area (Å²) in [5.74, 6) is -0.798. The summed E-state index contributed by atoms with van der Waals surface area (Å²) in [6, 6.07) is 26.3. The first-order chi connectivity index (χ1) is 14.7. The van der Waals surface area contributed by atoms with Crippen molar-refractivity contribution in [1.29, 1.82) is 0 Å². The van der Waals surface area contributed by atoms with Crippen LogP contribution in [-0.2, 0) is 9.53 Å². The molecule has 3 aromatic carbocycles. The van der Waals surface area contributed by atoms with Crippen molar-refractivity contribution in [3.8, 4) is 0 Å². The Morgan fingerprint density at radius 2 is 1.40 bits per heavy atom. The molecule has 0 aromatic heterocycles. The second-order valence-electron chi connectivity index (χ2n) is 6.83. The molecule has 0 saturated heterocycles. The van der Waals surface area contributed by atoms with Crippen molar-refractivity contribution >= 4 is 18.2 Å². The zero-order valence-corrected chi connectivity index (χ0v) is 16.5. The van der Waals surface area contributed by atoms with Gasteiger partial charge in [0.15, 0.2) is 6.61 Å². The first-order valence-electron chi connectivity index (χ1n) is 9.76. The van der Waals surface area contributed by atoms with E-state index >= 15 is 0 Å². The van der Waals surface area contributed by atoms with E-state index in [0.29, 0.717) is 24.0 Å². The van der Waals surface area contributed by atoms with Crippen LogP contribution in [0.3, 0.4) is 0 Å². The van der Waals surface area contributed by atoms with Gasteiger partial charge in [0.25, 0.3) is 5.91 Å². The Hall–Kier alpha value is -3.73. The van der Waals surface area contributed by atoms with Crippen molar-refractivity contribution in [2.24, 2.45) is 0 Å². The van der Waals surface area contributed by atoms with E-state index in [1.165, 1.54) is 35.4 Å². The molecule has 3 aromatic rings. The molecule has 0 aliphatic heterocycles. The second-order valence-corrected chi connectivity index (χ2v) is 6.83. The maximum absolute atomic E-state index is 12.1. The minimum atomic E-state index is -0.603. The van der Waals surface area contributed by atoms with Gasteiger partial charge >= 0.3 is 5.97 Å². The fraction of sp³-hybridized carbons (Fsp3) is 0.160. The molecule has 152 valence electrons. The number of hydrogen-bond donors (Lipinski definition) is 1. The number of rotatable bonds is 9. The lowest BCUT2D eigenvalue weighted by molar-refractivity contribution is -0.124. The van der Waals surface area contributed by atoms with Crippen molar-refractivity contribution in [1.82, 2.24) is 5.32 Å². The van der Waals surface area contributed by atoms with E-state index in [4.69, 9.17) is 4.74 Å². The fourth-order valence-electron chi connectivity index (χ4n) is 3.22. The van der Waals surface area contributed by atoms with Crippen molar-refractivity contribution in [2.45, 2.75) is 12.3 Å². The first-order valence-corrected chi connectivity index (χ1v) is 9.76. The largest absolute Gasteiger partial charge is 0.452 e. The Bertz CT molecular complexity index is 930. The Kier molecular flexibility index (Phi) is 7.50. The van der Waals surface area contributed by atoms with E-state index < -0.39 is 5.97 Å². The molecule has 0 radical (unpaired) electrons. The van der Waals surface area contributed by atoms with E-state index in [-0.39, 0.29) is 18.4 Å². The van der Waals surface area contributed by atoms with Crippen LogP contribution in [0.4, 0.5) is 0 Å². The summed E-state index contributed by atoms with van der Waals surface area (Å²) < 4.78 is 5.05. The summed E-state index contributed by atoms with van der Waals surface area (Å²) >= 11 is 0. The highest BCUT2D eigenvalue weighted by molar-refractivity contribution is 5.92. The van der Waals surface area contributed by atoms with Gasteiger partial charge in [0, 0.05) is 18.0 Å². The summed E-state index contributed by atoms with van der Waals surface area (Å²) in [4.78, 5) is 34.8. The molecule has 0 bridgehead atoms. The quantitative estimate of drug-likeness (QED) is 0.435. The van der Waals surface area contributed by atoms with Gasteiger partial charge < -0.3 is 10.1 Å². The zero-order valence-electron chi connectivity index (χ0n) is 16.5. The lowest BCUT2D eigenvalue weighted by atomic mass is 9.88. The van der Waals surface area contributed by atoms with Gasteiger partial charge in [0.2, 0.25) is 0 Å². The lowest BCUT2D eigenvalue weighted by Crippen LogP contribution is -2.30. The molecular formula is C25H23NO4. The molecule has 0 fully saturated rings. The average Bonchev–Trinajstić information content (AvgIpc) is 2.81. The van der Waals surface area contributed by atoms with Crippen LogP contribution in [0.5, 0.6) is 0 Å². The van der Waals surface area contributed by atoms with Gasteiger partial charge in [-0.25, -0.2) is 4.79 Å². The SMILES string of the molecule is O=Cc1ccc(C(=O)OCC(=O)NCCC(c2ccccc2)c2ccccc2)cc1. The third kappa shape index (κ3) is 5.88. The van der Waals surface area contributed by atoms with Crippen LogP contribution in [0.25, 0.3) is 0 Å². The molecule has 0 heterocycles. The third-order valence-corrected chi connectivity index (χ3v) is 4.78. The van der Waals surface area contributed by atoms with Crippen LogP contribution in [0.15, 0.2) is 84.9 Å². The number of amides is 1. The van der Waals surface area contributed by atoms with E-state index in [0.717, 1.165) is 6.42 Å². The Morgan fingerprint density at radius 1 is 0.833 bits per heavy atom. The highest BCUT2D eigenvalue weighted by atomic mass is 16.5. The van der Waals surface area contributed by atoms with Crippen molar-refractivity contribution in [2.75, 3.05) is 13.2 Å². The van der Waals surface area contributed by atoms with E-state index in [1.54, 1.807) is 0 Å². The molecule has 0 aliphatic rings. The van der Waals surface area contributed by atoms with Crippen molar-refractivity contribution < 1.29 is 19.1 Å². The standard InChI is InChI=1S/C25H23NO4/c27-17-19-11-13-22(14-12-19)25(29)30-18-24(28)26-16-15-23(20-7-3-1-4-8-20)21-9-5-2-6-10-21/h1-14,17,23H,15-16,18H2,(H,26,28). The zero-order chi connectivity index (χ0) is 21.2. The maximum Gasteiger partial charge on any atom is 0.338 e. The molecular weight excluding hydrogens is 378 g/mol. The summed E-state index contributed by atoms with van der Waals surface area (Å²) in [7, 11) is 0. The highest BCUT2D eigenvalue weighted by Crippen LogP contribution is 2.27. The summed E-state index contributed by atoms with van der Waals surface area (Å²) in [5.41, 5.74) is 3.13. The number of carbonyl (C=O) groups excluding carboxylic acids is 3. The average molecular weight is 401 g/mol. The van der Waals surface area contributed by atoms with Crippen LogP contribution in [0.1, 0.15) is 44.2 Å². The second kappa shape index (κ2) is 10.7. The van der Waals surface area contributed by atoms with Gasteiger partial charge in [0.05, 0.1) is 5.56 Å². The number of nitrogens with one attached hydrogen (secondary N) is 1. The number of ether oxygens (including phenoxy) is 1. The molecule has 1 amide bonds. The monoisotopic (exact) mass is 401 g/mol. The number of hydrogen-bond acceptors (Lipinski definition) is 4. The first kappa shape index (κ1) is 21.0. The van der Waals surface area contributed by atoms with Crippen molar-refractivity contribution in [3.05, 3.63) is 107 Å². The number of carbonyl (C=O) groups is 3. The summed E-state index contributed by atoms with van der Waals surface area (Å²) in [5, 5.41) is 2.82. The smallest absolute Gasteiger partial charge is 0.338 e. The van der Waals surface area contributed by atoms with Crippen LogP contribution >= 0.6 is 0 Å². The molecule has 0 unspecified atom stereocenters. The molecule has 0 spiro atoms. The van der Waals surface area contributed by atoms with Gasteiger partial charge in [-0.05, 0) is 29.7 Å². The van der Waals surface area contributed by atoms with Crippen LogP contribution in [0.2, 0.25) is 0 Å². The van der Waals surface area contributed by atoms with E-state index in [1.807, 2.05) is 36.4 Å². The Morgan fingerprint density at radius 3 is 1.93 bits per heavy atom. The van der Waals surface area contributed by atoms with Gasteiger partial charge in [-0.15, -0.1) is 0 Å². The number of benzene rings is 3. The lowest BCUT2D eigenvalue weighted by Gasteiger charge is -2.18. The van der Waals surface area contributed by atoms with Gasteiger partial charge in [-0.1, -0.05) is 72.8 Å². The predicted octanol–water partition coefficient (Wildman–Crippen LogP) is 3.99. The Labute approximate surface area is 175 Å². The molecule has 0 atom stereocenters. The van der Waals surface area contributed by atoms with Crippen LogP contribution in [0, 0.1) is 0 Å². The molecule has 30 heavy (non-hydrogen) atoms. The summed E-state index contributed by atoms with van der Waals surface area (Å²) in [6.07, 6.45) is 1.42. The molecule has 1 N–H and O–H groups in total. The Balaban J connectivity index is 1.50. The van der Waals surface area contributed by atoms with Crippen LogP contribution < -0.4 is 5.32 Å². The van der Waals surface area contributed by atoms with Gasteiger partial charge in [-0.3, -0.25) is 9.59 Å². The minimum absolute atomic E-state index is 0.159. The van der Waals surface area contributed by atoms with Gasteiger partial charge in [-0.2, -0.15) is 0 Å². The highest BCUT2D eigenvalue weighted by Gasteiger charge is 2.15. The minimum Gasteiger partial charge on any atom is -0.452 e. The van der Waals surface area contributed by atoms with E-state index in [2.05, 4.69) is 29.6 Å².